The standard InChI is InChI=1S/C13H15Cl2NO3S/c1-8-3-5-9(6-4-8)12(18)16-13(11(14)15)20-7-10(17)19-2/h3-6,11,13H,7H2,1-2H3,(H,16,18)/t13-/m0/s1. The predicted octanol–water partition coefficient (Wildman–Crippen LogP) is 2.76. The molecule has 0 fully saturated rings. The lowest BCUT2D eigenvalue weighted by molar-refractivity contribution is -0.137. The molecule has 0 bridgehead atoms. The number of hydrogen-bond donors (Lipinski definition) is 1. The van der Waals surface area contributed by atoms with Crippen LogP contribution < -0.4 is 5.32 Å². The molecular formula is C13H15Cl2NO3S. The molecule has 1 aromatic carbocycles. The van der Waals surface area contributed by atoms with Crippen LogP contribution in [0.3, 0.4) is 0 Å². The van der Waals surface area contributed by atoms with Gasteiger partial charge in [0, 0.05) is 5.56 Å². The van der Waals surface area contributed by atoms with E-state index < -0.39 is 16.2 Å². The van der Waals surface area contributed by atoms with Gasteiger partial charge < -0.3 is 10.1 Å². The van der Waals surface area contributed by atoms with Gasteiger partial charge in [0.15, 0.2) is 0 Å². The first kappa shape index (κ1) is 17.1. The van der Waals surface area contributed by atoms with Crippen molar-refractivity contribution in [1.29, 1.82) is 0 Å². The smallest absolute Gasteiger partial charge is 0.315 e. The van der Waals surface area contributed by atoms with Crippen LogP contribution in [0.2, 0.25) is 0 Å². The highest BCUT2D eigenvalue weighted by Gasteiger charge is 2.22. The molecule has 0 radical (unpaired) electrons. The molecule has 1 atom stereocenters. The Hall–Kier alpha value is -0.910. The monoisotopic (exact) mass is 335 g/mol. The third-order valence-corrected chi connectivity index (χ3v) is 4.38. The molecule has 0 aliphatic rings. The summed E-state index contributed by atoms with van der Waals surface area (Å²) in [5.41, 5.74) is 1.57. The fourth-order valence-electron chi connectivity index (χ4n) is 1.31. The van der Waals surface area contributed by atoms with Crippen molar-refractivity contribution in [2.24, 2.45) is 0 Å². The van der Waals surface area contributed by atoms with Crippen LogP contribution in [0.4, 0.5) is 0 Å². The van der Waals surface area contributed by atoms with Crippen LogP contribution in [0.1, 0.15) is 15.9 Å². The minimum Gasteiger partial charge on any atom is -0.468 e. The van der Waals surface area contributed by atoms with Crippen molar-refractivity contribution >= 4 is 46.8 Å². The molecule has 4 nitrogen and oxygen atoms in total. The van der Waals surface area contributed by atoms with Crippen LogP contribution in [0, 0.1) is 6.92 Å². The molecule has 0 unspecified atom stereocenters. The molecule has 0 aliphatic heterocycles. The number of benzene rings is 1. The van der Waals surface area contributed by atoms with E-state index in [1.54, 1.807) is 12.1 Å². The van der Waals surface area contributed by atoms with Gasteiger partial charge in [0.25, 0.3) is 5.91 Å². The van der Waals surface area contributed by atoms with Gasteiger partial charge in [-0.3, -0.25) is 9.59 Å². The first-order chi connectivity index (χ1) is 9.43. The average molecular weight is 336 g/mol. The molecule has 7 heteroatoms. The highest BCUT2D eigenvalue weighted by molar-refractivity contribution is 8.00. The molecular weight excluding hydrogens is 321 g/mol. The maximum Gasteiger partial charge on any atom is 0.315 e. The molecule has 1 aromatic rings. The zero-order valence-electron chi connectivity index (χ0n) is 11.1. The van der Waals surface area contributed by atoms with Gasteiger partial charge in [0.1, 0.15) is 10.2 Å². The molecule has 110 valence electrons. The van der Waals surface area contributed by atoms with E-state index in [1.807, 2.05) is 19.1 Å². The van der Waals surface area contributed by atoms with Crippen LogP contribution >= 0.6 is 35.0 Å². The van der Waals surface area contributed by atoms with Crippen molar-refractivity contribution in [3.05, 3.63) is 35.4 Å². The SMILES string of the molecule is COC(=O)CS[C@H](NC(=O)c1ccc(C)cc1)C(Cl)Cl. The number of nitrogens with one attached hydrogen (secondary N) is 1. The summed E-state index contributed by atoms with van der Waals surface area (Å²) in [5.74, 6) is -0.636. The van der Waals surface area contributed by atoms with Gasteiger partial charge in [-0.1, -0.05) is 17.7 Å². The molecule has 1 amide bonds. The summed E-state index contributed by atoms with van der Waals surface area (Å²) in [6.45, 7) is 1.93. The van der Waals surface area contributed by atoms with Gasteiger partial charge in [-0.05, 0) is 19.1 Å². The van der Waals surface area contributed by atoms with Crippen LogP contribution in [-0.4, -0.2) is 34.9 Å². The van der Waals surface area contributed by atoms with Gasteiger partial charge in [-0.2, -0.15) is 0 Å². The summed E-state index contributed by atoms with van der Waals surface area (Å²) >= 11 is 12.7. The average Bonchev–Trinajstić information content (AvgIpc) is 2.43. The number of aryl methyl sites for hydroxylation is 1. The van der Waals surface area contributed by atoms with Gasteiger partial charge in [-0.25, -0.2) is 0 Å². The molecule has 20 heavy (non-hydrogen) atoms. The summed E-state index contributed by atoms with van der Waals surface area (Å²) in [7, 11) is 1.29. The number of thioether (sulfide) groups is 1. The van der Waals surface area contributed by atoms with Gasteiger partial charge in [-0.15, -0.1) is 35.0 Å². The van der Waals surface area contributed by atoms with Crippen molar-refractivity contribution in [2.45, 2.75) is 17.1 Å². The Kier molecular flexibility index (Phi) is 7.19. The van der Waals surface area contributed by atoms with E-state index in [9.17, 15) is 9.59 Å². The first-order valence-electron chi connectivity index (χ1n) is 5.78. The third-order valence-electron chi connectivity index (χ3n) is 2.42. The van der Waals surface area contributed by atoms with E-state index in [0.717, 1.165) is 17.3 Å². The Morgan fingerprint density at radius 1 is 1.30 bits per heavy atom. The minimum atomic E-state index is -0.834. The number of esters is 1. The van der Waals surface area contributed by atoms with E-state index in [2.05, 4.69) is 10.1 Å². The van der Waals surface area contributed by atoms with Crippen molar-refractivity contribution in [1.82, 2.24) is 5.32 Å². The Morgan fingerprint density at radius 3 is 2.40 bits per heavy atom. The van der Waals surface area contributed by atoms with Gasteiger partial charge in [0.05, 0.1) is 12.9 Å². The molecule has 0 aliphatic carbocycles. The fraction of sp³-hybridized carbons (Fsp3) is 0.385. The van der Waals surface area contributed by atoms with Gasteiger partial charge >= 0.3 is 5.97 Å². The second-order valence-electron chi connectivity index (χ2n) is 3.98. The number of ether oxygens (including phenoxy) is 1. The highest BCUT2D eigenvalue weighted by atomic mass is 35.5. The topological polar surface area (TPSA) is 55.4 Å². The second-order valence-corrected chi connectivity index (χ2v) is 6.28. The van der Waals surface area contributed by atoms with E-state index in [1.165, 1.54) is 7.11 Å². The number of carbonyl (C=O) groups is 2. The maximum absolute atomic E-state index is 12.0. The van der Waals surface area contributed by atoms with Crippen molar-refractivity contribution in [3.8, 4) is 0 Å². The lowest BCUT2D eigenvalue weighted by Gasteiger charge is -2.18. The number of hydrogen-bond acceptors (Lipinski definition) is 4. The molecule has 1 N–H and O–H groups in total. The third kappa shape index (κ3) is 5.61. The lowest BCUT2D eigenvalue weighted by Crippen LogP contribution is -2.37. The number of amides is 1. The molecule has 0 aromatic heterocycles. The normalized spacial score (nSPS) is 12.1. The van der Waals surface area contributed by atoms with E-state index >= 15 is 0 Å². The molecule has 0 saturated heterocycles. The second kappa shape index (κ2) is 8.39. The zero-order chi connectivity index (χ0) is 15.1. The molecule has 0 heterocycles. The largest absolute Gasteiger partial charge is 0.468 e. The summed E-state index contributed by atoms with van der Waals surface area (Å²) < 4.78 is 4.52. The van der Waals surface area contributed by atoms with Gasteiger partial charge in [0.2, 0.25) is 0 Å². The Labute approximate surface area is 132 Å². The number of rotatable bonds is 6. The summed E-state index contributed by atoms with van der Waals surface area (Å²) in [5, 5.41) is 2.09. The first-order valence-corrected chi connectivity index (χ1v) is 7.70. The summed E-state index contributed by atoms with van der Waals surface area (Å²) in [4.78, 5) is 22.3. The fourth-order valence-corrected chi connectivity index (χ4v) is 2.64. The molecule has 0 saturated carbocycles. The van der Waals surface area contributed by atoms with Crippen LogP contribution in [0.25, 0.3) is 0 Å². The Bertz CT molecular complexity index is 465. The lowest BCUT2D eigenvalue weighted by atomic mass is 10.1. The molecule has 1 rings (SSSR count). The highest BCUT2D eigenvalue weighted by Crippen LogP contribution is 2.20. The predicted molar refractivity (Wildman–Crippen MR) is 82.4 cm³/mol. The quantitative estimate of drug-likeness (QED) is 0.493. The van der Waals surface area contributed by atoms with Crippen molar-refractivity contribution in [3.63, 3.8) is 0 Å². The summed E-state index contributed by atoms with van der Waals surface area (Å²) in [6, 6.07) is 7.10. The van der Waals surface area contributed by atoms with E-state index in [0.29, 0.717) is 5.56 Å². The van der Waals surface area contributed by atoms with Crippen molar-refractivity contribution in [2.75, 3.05) is 12.9 Å². The Morgan fingerprint density at radius 2 is 1.90 bits per heavy atom. The number of methoxy groups -OCH3 is 1. The van der Waals surface area contributed by atoms with Crippen molar-refractivity contribution < 1.29 is 14.3 Å². The molecule has 0 spiro atoms. The van der Waals surface area contributed by atoms with Crippen LogP contribution in [0.15, 0.2) is 24.3 Å². The minimum absolute atomic E-state index is 0.0608. The van der Waals surface area contributed by atoms with E-state index in [4.69, 9.17) is 23.2 Å². The number of halogens is 2. The number of carbonyl (C=O) groups excluding carboxylic acids is 2. The van der Waals surface area contributed by atoms with E-state index in [-0.39, 0.29) is 11.7 Å². The maximum atomic E-state index is 12.0. The number of alkyl halides is 2. The Balaban J connectivity index is 2.63. The zero-order valence-corrected chi connectivity index (χ0v) is 13.4. The van der Waals surface area contributed by atoms with Crippen LogP contribution in [0.5, 0.6) is 0 Å². The van der Waals surface area contributed by atoms with Crippen LogP contribution in [-0.2, 0) is 9.53 Å². The summed E-state index contributed by atoms with van der Waals surface area (Å²) in [6.07, 6.45) is 0.